The van der Waals surface area contributed by atoms with Crippen LogP contribution in [0.3, 0.4) is 0 Å². The summed E-state index contributed by atoms with van der Waals surface area (Å²) in [5.74, 6) is -0.176. The van der Waals surface area contributed by atoms with Gasteiger partial charge in [-0.15, -0.1) is 0 Å². The predicted molar refractivity (Wildman–Crippen MR) is 132 cm³/mol. The molecule has 3 aromatic rings. The molecule has 4 rings (SSSR count). The molecular formula is C26H27N3O4S. The van der Waals surface area contributed by atoms with E-state index >= 15 is 0 Å². The van der Waals surface area contributed by atoms with Gasteiger partial charge in [0.25, 0.3) is 15.9 Å². The molecule has 3 aromatic carbocycles. The first-order chi connectivity index (χ1) is 16.3. The molecule has 0 aliphatic carbocycles. The van der Waals surface area contributed by atoms with Crippen molar-refractivity contribution < 1.29 is 18.0 Å². The van der Waals surface area contributed by atoms with Gasteiger partial charge in [-0.3, -0.25) is 14.3 Å². The van der Waals surface area contributed by atoms with E-state index in [2.05, 4.69) is 10.0 Å². The van der Waals surface area contributed by atoms with E-state index in [1.54, 1.807) is 55.1 Å². The Kier molecular flexibility index (Phi) is 6.70. The Labute approximate surface area is 199 Å². The summed E-state index contributed by atoms with van der Waals surface area (Å²) in [6, 6.07) is 19.3. The van der Waals surface area contributed by atoms with Crippen LogP contribution in [0.1, 0.15) is 40.4 Å². The van der Waals surface area contributed by atoms with Gasteiger partial charge in [0.15, 0.2) is 0 Å². The monoisotopic (exact) mass is 477 g/mol. The van der Waals surface area contributed by atoms with Crippen molar-refractivity contribution in [2.45, 2.75) is 38.1 Å². The highest BCUT2D eigenvalue weighted by Crippen LogP contribution is 2.27. The number of benzene rings is 3. The van der Waals surface area contributed by atoms with Crippen LogP contribution in [0, 0.1) is 6.92 Å². The molecule has 0 fully saturated rings. The van der Waals surface area contributed by atoms with E-state index < -0.39 is 10.0 Å². The fraction of sp³-hybridized carbons (Fsp3) is 0.231. The zero-order valence-electron chi connectivity index (χ0n) is 19.2. The lowest BCUT2D eigenvalue weighted by molar-refractivity contribution is -0.115. The van der Waals surface area contributed by atoms with E-state index in [9.17, 15) is 18.0 Å². The smallest absolute Gasteiger partial charge is 0.262 e. The zero-order chi connectivity index (χ0) is 24.3. The largest absolute Gasteiger partial charge is 0.334 e. The van der Waals surface area contributed by atoms with Gasteiger partial charge in [0.2, 0.25) is 5.91 Å². The average Bonchev–Trinajstić information content (AvgIpc) is 2.83. The van der Waals surface area contributed by atoms with Crippen molar-refractivity contribution in [1.29, 1.82) is 0 Å². The fourth-order valence-electron chi connectivity index (χ4n) is 4.05. The van der Waals surface area contributed by atoms with Crippen molar-refractivity contribution in [2.24, 2.45) is 0 Å². The number of carbonyl (C=O) groups excluding carboxylic acids is 2. The maximum absolute atomic E-state index is 13.1. The number of aryl methyl sites for hydroxylation is 1. The molecule has 0 spiro atoms. The van der Waals surface area contributed by atoms with Gasteiger partial charge in [0.05, 0.1) is 4.90 Å². The van der Waals surface area contributed by atoms with Crippen LogP contribution in [-0.2, 0) is 27.8 Å². The summed E-state index contributed by atoms with van der Waals surface area (Å²) in [6.07, 6.45) is 1.05. The average molecular weight is 478 g/mol. The highest BCUT2D eigenvalue weighted by molar-refractivity contribution is 7.92. The lowest BCUT2D eigenvalue weighted by Gasteiger charge is -2.29. The summed E-state index contributed by atoms with van der Waals surface area (Å²) in [7, 11) is -3.84. The van der Waals surface area contributed by atoms with Gasteiger partial charge in [-0.25, -0.2) is 8.42 Å². The second-order valence-electron chi connectivity index (χ2n) is 8.31. The third-order valence-corrected chi connectivity index (χ3v) is 7.39. The molecule has 1 aliphatic rings. The first-order valence-corrected chi connectivity index (χ1v) is 12.6. The maximum Gasteiger partial charge on any atom is 0.262 e. The molecule has 0 aromatic heterocycles. The summed E-state index contributed by atoms with van der Waals surface area (Å²) in [5.41, 5.74) is 4.18. The second kappa shape index (κ2) is 9.69. The molecule has 2 amide bonds. The SMILES string of the molecule is CCC(=O)Nc1ccc(S(=O)(=O)Nc2ccc3c(c2)CN(C(=O)c2ccccc2)CC3)c(C)c1. The number of rotatable bonds is 6. The number of nitrogens with zero attached hydrogens (tertiary/aromatic N) is 1. The van der Waals surface area contributed by atoms with Crippen LogP contribution in [0.4, 0.5) is 11.4 Å². The maximum atomic E-state index is 13.1. The third-order valence-electron chi connectivity index (χ3n) is 5.85. The van der Waals surface area contributed by atoms with Gasteiger partial charge in [-0.05, 0) is 72.5 Å². The number of anilines is 2. The van der Waals surface area contributed by atoms with Crippen LogP contribution in [0.5, 0.6) is 0 Å². The van der Waals surface area contributed by atoms with Gasteiger partial charge in [-0.2, -0.15) is 0 Å². The molecule has 7 nitrogen and oxygen atoms in total. The van der Waals surface area contributed by atoms with Gasteiger partial charge in [-0.1, -0.05) is 31.2 Å². The van der Waals surface area contributed by atoms with E-state index in [-0.39, 0.29) is 16.7 Å². The predicted octanol–water partition coefficient (Wildman–Crippen LogP) is 4.34. The Morgan fingerprint density at radius 2 is 1.68 bits per heavy atom. The standard InChI is InChI=1S/C26H27N3O4S/c1-3-25(30)27-22-11-12-24(18(2)15-22)34(32,33)28-23-10-9-19-13-14-29(17-21(19)16-23)26(31)20-7-5-4-6-8-20/h4-12,15-16,28H,3,13-14,17H2,1-2H3,(H,27,30). The Morgan fingerprint density at radius 1 is 0.941 bits per heavy atom. The lowest BCUT2D eigenvalue weighted by atomic mass is 9.98. The van der Waals surface area contributed by atoms with Crippen molar-refractivity contribution in [3.63, 3.8) is 0 Å². The molecule has 0 unspecified atom stereocenters. The molecule has 176 valence electrons. The van der Waals surface area contributed by atoms with Crippen molar-refractivity contribution >= 4 is 33.2 Å². The molecule has 1 heterocycles. The number of amides is 2. The van der Waals surface area contributed by atoms with E-state index in [1.807, 2.05) is 24.3 Å². The van der Waals surface area contributed by atoms with Crippen molar-refractivity contribution in [2.75, 3.05) is 16.6 Å². The topological polar surface area (TPSA) is 95.6 Å². The molecule has 2 N–H and O–H groups in total. The lowest BCUT2D eigenvalue weighted by Crippen LogP contribution is -2.36. The molecule has 0 saturated heterocycles. The summed E-state index contributed by atoms with van der Waals surface area (Å²) in [6.45, 7) is 4.48. The Balaban J connectivity index is 1.52. The number of fused-ring (bicyclic) bond motifs is 1. The van der Waals surface area contributed by atoms with Gasteiger partial charge in [0.1, 0.15) is 0 Å². The Hall–Kier alpha value is -3.65. The molecule has 0 bridgehead atoms. The summed E-state index contributed by atoms with van der Waals surface area (Å²) < 4.78 is 28.8. The molecular weight excluding hydrogens is 450 g/mol. The molecule has 8 heteroatoms. The van der Waals surface area contributed by atoms with E-state index in [0.29, 0.717) is 48.4 Å². The zero-order valence-corrected chi connectivity index (χ0v) is 20.0. The Morgan fingerprint density at radius 3 is 2.38 bits per heavy atom. The minimum Gasteiger partial charge on any atom is -0.334 e. The van der Waals surface area contributed by atoms with Crippen molar-refractivity contribution in [1.82, 2.24) is 4.90 Å². The minimum absolute atomic E-state index is 0.0388. The van der Waals surface area contributed by atoms with E-state index in [4.69, 9.17) is 0 Å². The number of sulfonamides is 1. The number of carbonyl (C=O) groups is 2. The number of hydrogen-bond acceptors (Lipinski definition) is 4. The molecule has 34 heavy (non-hydrogen) atoms. The molecule has 1 aliphatic heterocycles. The van der Waals surface area contributed by atoms with Gasteiger partial charge >= 0.3 is 0 Å². The van der Waals surface area contributed by atoms with Crippen molar-refractivity contribution in [3.05, 3.63) is 89.0 Å². The number of hydrogen-bond donors (Lipinski definition) is 2. The van der Waals surface area contributed by atoms with Gasteiger partial charge < -0.3 is 10.2 Å². The first kappa shape index (κ1) is 23.5. The van der Waals surface area contributed by atoms with Gasteiger partial charge in [0, 0.05) is 36.4 Å². The number of nitrogens with one attached hydrogen (secondary N) is 2. The molecule has 0 saturated carbocycles. The van der Waals surface area contributed by atoms with Crippen LogP contribution in [-0.4, -0.2) is 31.7 Å². The van der Waals surface area contributed by atoms with Crippen LogP contribution in [0.2, 0.25) is 0 Å². The van der Waals surface area contributed by atoms with E-state index in [0.717, 1.165) is 11.1 Å². The van der Waals surface area contributed by atoms with Crippen LogP contribution >= 0.6 is 0 Å². The third kappa shape index (κ3) is 5.12. The van der Waals surface area contributed by atoms with Crippen LogP contribution < -0.4 is 10.0 Å². The highest BCUT2D eigenvalue weighted by atomic mass is 32.2. The fourth-order valence-corrected chi connectivity index (χ4v) is 5.32. The summed E-state index contributed by atoms with van der Waals surface area (Å²) >= 11 is 0. The minimum atomic E-state index is -3.84. The summed E-state index contributed by atoms with van der Waals surface area (Å²) in [4.78, 5) is 26.4. The van der Waals surface area contributed by atoms with Crippen LogP contribution in [0.25, 0.3) is 0 Å². The first-order valence-electron chi connectivity index (χ1n) is 11.2. The molecule has 0 radical (unpaired) electrons. The molecule has 0 atom stereocenters. The summed E-state index contributed by atoms with van der Waals surface area (Å²) in [5, 5.41) is 2.73. The second-order valence-corrected chi connectivity index (χ2v) is 9.96. The Bertz CT molecular complexity index is 1340. The van der Waals surface area contributed by atoms with E-state index in [1.165, 1.54) is 6.07 Å². The highest BCUT2D eigenvalue weighted by Gasteiger charge is 2.23. The van der Waals surface area contributed by atoms with Crippen molar-refractivity contribution in [3.8, 4) is 0 Å². The quantitative estimate of drug-likeness (QED) is 0.552. The van der Waals surface area contributed by atoms with Crippen LogP contribution in [0.15, 0.2) is 71.6 Å². The normalized spacial score (nSPS) is 13.2.